The molecule has 0 radical (unpaired) electrons. The number of hydrogen-bond donors (Lipinski definition) is 1. The van der Waals surface area contributed by atoms with Gasteiger partial charge in [0.2, 0.25) is 5.91 Å². The molecule has 1 heterocycles. The molecule has 0 bridgehead atoms. The number of nitrogens with zero attached hydrogens (tertiary/aromatic N) is 1. The average molecular weight is 380 g/mol. The second kappa shape index (κ2) is 9.69. The lowest BCUT2D eigenvalue weighted by Gasteiger charge is -2.16. The maximum Gasteiger partial charge on any atom is 0.311 e. The maximum atomic E-state index is 12.2. The van der Waals surface area contributed by atoms with Crippen LogP contribution in [0, 0.1) is 5.92 Å². The van der Waals surface area contributed by atoms with Gasteiger partial charge in [-0.05, 0) is 17.5 Å². The molecule has 2 amide bonds. The number of carbonyl (C=O) groups excluding carboxylic acids is 3. The number of amides is 2. The van der Waals surface area contributed by atoms with E-state index in [2.05, 4.69) is 5.32 Å². The van der Waals surface area contributed by atoms with Crippen LogP contribution in [0.3, 0.4) is 0 Å². The summed E-state index contributed by atoms with van der Waals surface area (Å²) in [7, 11) is 0. The summed E-state index contributed by atoms with van der Waals surface area (Å²) >= 11 is 0. The number of hydrogen-bond acceptors (Lipinski definition) is 4. The van der Waals surface area contributed by atoms with Crippen LogP contribution in [-0.2, 0) is 32.1 Å². The van der Waals surface area contributed by atoms with Gasteiger partial charge in [0.15, 0.2) is 6.61 Å². The molecule has 0 unspecified atom stereocenters. The molecule has 0 aromatic heterocycles. The van der Waals surface area contributed by atoms with E-state index < -0.39 is 11.9 Å². The minimum atomic E-state index is -0.509. The number of nitrogens with one attached hydrogen (secondary N) is 1. The summed E-state index contributed by atoms with van der Waals surface area (Å²) < 4.78 is 5.11. The Morgan fingerprint density at radius 1 is 1.00 bits per heavy atom. The molecule has 0 spiro atoms. The van der Waals surface area contributed by atoms with Crippen molar-refractivity contribution in [3.05, 3.63) is 71.8 Å². The predicted molar refractivity (Wildman–Crippen MR) is 104 cm³/mol. The van der Waals surface area contributed by atoms with Crippen LogP contribution in [0.15, 0.2) is 60.7 Å². The van der Waals surface area contributed by atoms with Gasteiger partial charge in [-0.15, -0.1) is 0 Å². The Kier molecular flexibility index (Phi) is 6.78. The molecule has 1 saturated heterocycles. The summed E-state index contributed by atoms with van der Waals surface area (Å²) in [4.78, 5) is 37.9. The lowest BCUT2D eigenvalue weighted by atomic mass is 10.1. The lowest BCUT2D eigenvalue weighted by molar-refractivity contribution is -0.152. The van der Waals surface area contributed by atoms with Gasteiger partial charge in [0.1, 0.15) is 0 Å². The molecule has 3 rings (SSSR count). The normalized spacial score (nSPS) is 16.1. The molecular formula is C22H24N2O4. The first-order chi connectivity index (χ1) is 13.6. The van der Waals surface area contributed by atoms with Crippen LogP contribution in [0.1, 0.15) is 17.5 Å². The number of ether oxygens (including phenoxy) is 1. The Morgan fingerprint density at radius 3 is 2.32 bits per heavy atom. The van der Waals surface area contributed by atoms with Gasteiger partial charge in [-0.1, -0.05) is 60.7 Å². The summed E-state index contributed by atoms with van der Waals surface area (Å²) in [5.41, 5.74) is 2.12. The van der Waals surface area contributed by atoms with Gasteiger partial charge in [-0.2, -0.15) is 0 Å². The van der Waals surface area contributed by atoms with E-state index in [-0.39, 0.29) is 24.8 Å². The van der Waals surface area contributed by atoms with E-state index in [1.54, 1.807) is 4.90 Å². The minimum Gasteiger partial charge on any atom is -0.455 e. The Bertz CT molecular complexity index is 808. The maximum absolute atomic E-state index is 12.2. The van der Waals surface area contributed by atoms with Gasteiger partial charge in [-0.25, -0.2) is 0 Å². The summed E-state index contributed by atoms with van der Waals surface area (Å²) in [6.45, 7) is 0.965. The molecular weight excluding hydrogens is 356 g/mol. The Labute approximate surface area is 164 Å². The highest BCUT2D eigenvalue weighted by atomic mass is 16.5. The van der Waals surface area contributed by atoms with Crippen LogP contribution in [0.4, 0.5) is 0 Å². The molecule has 2 aromatic rings. The first kappa shape index (κ1) is 19.6. The van der Waals surface area contributed by atoms with E-state index in [1.807, 2.05) is 60.7 Å². The average Bonchev–Trinajstić information content (AvgIpc) is 3.11. The smallest absolute Gasteiger partial charge is 0.311 e. The zero-order valence-electron chi connectivity index (χ0n) is 15.7. The highest BCUT2D eigenvalue weighted by molar-refractivity contribution is 5.88. The molecule has 1 N–H and O–H groups in total. The third kappa shape index (κ3) is 5.67. The van der Waals surface area contributed by atoms with Crippen molar-refractivity contribution in [1.29, 1.82) is 0 Å². The van der Waals surface area contributed by atoms with Crippen molar-refractivity contribution in [1.82, 2.24) is 10.2 Å². The third-order valence-corrected chi connectivity index (χ3v) is 4.74. The van der Waals surface area contributed by atoms with Gasteiger partial charge in [0.25, 0.3) is 5.91 Å². The van der Waals surface area contributed by atoms with Crippen molar-refractivity contribution < 1.29 is 19.1 Å². The lowest BCUT2D eigenvalue weighted by Crippen LogP contribution is -2.31. The molecule has 1 atom stereocenters. The van der Waals surface area contributed by atoms with Crippen LogP contribution < -0.4 is 5.32 Å². The van der Waals surface area contributed by atoms with E-state index in [0.29, 0.717) is 19.6 Å². The molecule has 6 nitrogen and oxygen atoms in total. The zero-order valence-corrected chi connectivity index (χ0v) is 15.7. The Balaban J connectivity index is 1.38. The number of likely N-dealkylation sites (tertiary alicyclic amines) is 1. The van der Waals surface area contributed by atoms with Crippen LogP contribution >= 0.6 is 0 Å². The SMILES string of the molecule is O=C(COC(=O)[C@H]1CC(=O)N(CCc2ccccc2)C1)NCc1ccccc1. The van der Waals surface area contributed by atoms with E-state index in [4.69, 9.17) is 4.74 Å². The fourth-order valence-electron chi connectivity index (χ4n) is 3.16. The molecule has 2 aromatic carbocycles. The van der Waals surface area contributed by atoms with Gasteiger partial charge in [0.05, 0.1) is 5.92 Å². The largest absolute Gasteiger partial charge is 0.455 e. The minimum absolute atomic E-state index is 0.0496. The van der Waals surface area contributed by atoms with Crippen LogP contribution in [0.2, 0.25) is 0 Å². The fraction of sp³-hybridized carbons (Fsp3) is 0.318. The summed E-state index contributed by atoms with van der Waals surface area (Å²) in [6, 6.07) is 19.4. The van der Waals surface area contributed by atoms with Gasteiger partial charge >= 0.3 is 5.97 Å². The van der Waals surface area contributed by atoms with Crippen molar-refractivity contribution in [2.24, 2.45) is 5.92 Å². The van der Waals surface area contributed by atoms with Crippen LogP contribution in [0.5, 0.6) is 0 Å². The number of carbonyl (C=O) groups is 3. The summed E-state index contributed by atoms with van der Waals surface area (Å²) in [6.07, 6.45) is 0.884. The monoisotopic (exact) mass is 380 g/mol. The number of esters is 1. The quantitative estimate of drug-likeness (QED) is 0.710. The second-order valence-electron chi connectivity index (χ2n) is 6.85. The molecule has 1 aliphatic rings. The van der Waals surface area contributed by atoms with E-state index in [9.17, 15) is 14.4 Å². The van der Waals surface area contributed by atoms with Crippen LogP contribution in [0.25, 0.3) is 0 Å². The Hall–Kier alpha value is -3.15. The molecule has 28 heavy (non-hydrogen) atoms. The van der Waals surface area contributed by atoms with Gasteiger partial charge < -0.3 is 15.0 Å². The second-order valence-corrected chi connectivity index (χ2v) is 6.85. The topological polar surface area (TPSA) is 75.7 Å². The molecule has 6 heteroatoms. The molecule has 0 aliphatic carbocycles. The van der Waals surface area contributed by atoms with Crippen molar-refractivity contribution in [2.75, 3.05) is 19.7 Å². The van der Waals surface area contributed by atoms with Crippen molar-refractivity contribution >= 4 is 17.8 Å². The summed E-state index contributed by atoms with van der Waals surface area (Å²) in [5, 5.41) is 2.71. The molecule has 0 saturated carbocycles. The van der Waals surface area contributed by atoms with Gasteiger partial charge in [-0.3, -0.25) is 14.4 Å². The first-order valence-electron chi connectivity index (χ1n) is 9.41. The fourth-order valence-corrected chi connectivity index (χ4v) is 3.16. The van der Waals surface area contributed by atoms with E-state index in [1.165, 1.54) is 0 Å². The standard InChI is InChI=1S/C22H24N2O4/c25-20(23-14-18-9-5-2-6-10-18)16-28-22(27)19-13-21(26)24(15-19)12-11-17-7-3-1-4-8-17/h1-10,19H,11-16H2,(H,23,25)/t19-/m0/s1. The highest BCUT2D eigenvalue weighted by Crippen LogP contribution is 2.19. The molecule has 1 aliphatic heterocycles. The predicted octanol–water partition coefficient (Wildman–Crippen LogP) is 1.94. The van der Waals surface area contributed by atoms with E-state index in [0.717, 1.165) is 17.5 Å². The first-order valence-corrected chi connectivity index (χ1v) is 9.41. The summed E-state index contributed by atoms with van der Waals surface area (Å²) in [5.74, 6) is -1.41. The van der Waals surface area contributed by atoms with Crippen molar-refractivity contribution in [3.63, 3.8) is 0 Å². The molecule has 146 valence electrons. The van der Waals surface area contributed by atoms with Crippen molar-refractivity contribution in [2.45, 2.75) is 19.4 Å². The van der Waals surface area contributed by atoms with Crippen LogP contribution in [-0.4, -0.2) is 42.4 Å². The number of benzene rings is 2. The van der Waals surface area contributed by atoms with Crippen molar-refractivity contribution in [3.8, 4) is 0 Å². The zero-order chi connectivity index (χ0) is 19.8. The van der Waals surface area contributed by atoms with E-state index >= 15 is 0 Å². The Morgan fingerprint density at radius 2 is 1.64 bits per heavy atom. The number of rotatable bonds is 8. The van der Waals surface area contributed by atoms with Gasteiger partial charge in [0, 0.05) is 26.1 Å². The third-order valence-electron chi connectivity index (χ3n) is 4.74. The molecule has 1 fully saturated rings. The highest BCUT2D eigenvalue weighted by Gasteiger charge is 2.35.